The van der Waals surface area contributed by atoms with Crippen LogP contribution in [-0.2, 0) is 0 Å². The predicted octanol–water partition coefficient (Wildman–Crippen LogP) is -1.21. The Morgan fingerprint density at radius 3 is 2.11 bits per heavy atom. The van der Waals surface area contributed by atoms with E-state index >= 15 is 0 Å². The third-order valence-corrected chi connectivity index (χ3v) is 1.73. The quantitative estimate of drug-likeness (QED) is 0.308. The number of hydrogen-bond donors (Lipinski definition) is 3. The zero-order valence-electron chi connectivity index (χ0n) is 5.51. The molecule has 1 fully saturated rings. The van der Waals surface area contributed by atoms with Gasteiger partial charge in [-0.1, -0.05) is 0 Å². The highest BCUT2D eigenvalue weighted by Gasteiger charge is 2.14. The molecule has 5 N–H and O–H groups in total. The van der Waals surface area contributed by atoms with Crippen LogP contribution in [0.2, 0.25) is 0 Å². The van der Waals surface area contributed by atoms with Crippen LogP contribution >= 0.6 is 0 Å². The van der Waals surface area contributed by atoms with Gasteiger partial charge in [-0.2, -0.15) is 5.12 Å². The van der Waals surface area contributed by atoms with Crippen molar-refractivity contribution in [1.29, 1.82) is 0 Å². The first kappa shape index (κ1) is 6.95. The molecule has 1 aliphatic rings. The Labute approximate surface area is 55.1 Å². The minimum absolute atomic E-state index is 0.381. The minimum atomic E-state index is 0.381. The van der Waals surface area contributed by atoms with Crippen molar-refractivity contribution in [2.45, 2.75) is 18.9 Å². The Kier molecular flexibility index (Phi) is 2.41. The van der Waals surface area contributed by atoms with Crippen molar-refractivity contribution in [2.24, 2.45) is 11.7 Å². The third kappa shape index (κ3) is 1.91. The number of nitrogens with zero attached hydrogens (tertiary/aromatic N) is 1. The maximum Gasteiger partial charge on any atom is 0.0419 e. The van der Waals surface area contributed by atoms with Crippen LogP contribution in [0.15, 0.2) is 0 Å². The zero-order chi connectivity index (χ0) is 6.69. The van der Waals surface area contributed by atoms with Gasteiger partial charge in [-0.3, -0.25) is 11.7 Å². The van der Waals surface area contributed by atoms with E-state index in [1.54, 1.807) is 0 Å². The summed E-state index contributed by atoms with van der Waals surface area (Å²) in [6.07, 6.45) is 2.12. The van der Waals surface area contributed by atoms with E-state index < -0.39 is 0 Å². The van der Waals surface area contributed by atoms with E-state index in [9.17, 15) is 0 Å². The second-order valence-corrected chi connectivity index (χ2v) is 2.43. The Morgan fingerprint density at radius 2 is 1.78 bits per heavy atom. The molecule has 0 spiro atoms. The molecule has 1 heterocycles. The molecule has 0 aromatic rings. The average molecular weight is 130 g/mol. The molecule has 0 unspecified atom stereocenters. The van der Waals surface area contributed by atoms with Crippen molar-refractivity contribution in [1.82, 2.24) is 10.4 Å². The Bertz CT molecular complexity index is 77.0. The van der Waals surface area contributed by atoms with Crippen LogP contribution in [0.3, 0.4) is 0 Å². The highest BCUT2D eigenvalue weighted by Crippen LogP contribution is 2.03. The van der Waals surface area contributed by atoms with Gasteiger partial charge in [0.1, 0.15) is 0 Å². The van der Waals surface area contributed by atoms with E-state index in [0.29, 0.717) is 6.04 Å². The number of nitrogens with two attached hydrogens (primary N) is 2. The number of piperidine rings is 1. The highest BCUT2D eigenvalue weighted by molar-refractivity contribution is 4.71. The molecule has 1 aliphatic heterocycles. The molecule has 4 nitrogen and oxygen atoms in total. The fourth-order valence-electron chi connectivity index (χ4n) is 1.10. The molecule has 0 aromatic heterocycles. The van der Waals surface area contributed by atoms with Crippen LogP contribution in [0.5, 0.6) is 0 Å². The summed E-state index contributed by atoms with van der Waals surface area (Å²) in [7, 11) is 0. The summed E-state index contributed by atoms with van der Waals surface area (Å²) < 4.78 is 0. The Balaban J connectivity index is 2.23. The van der Waals surface area contributed by atoms with Crippen LogP contribution in [0.1, 0.15) is 12.8 Å². The van der Waals surface area contributed by atoms with E-state index in [0.717, 1.165) is 25.9 Å². The van der Waals surface area contributed by atoms with Crippen LogP contribution in [0, 0.1) is 0 Å². The highest BCUT2D eigenvalue weighted by atomic mass is 15.6. The second-order valence-electron chi connectivity index (χ2n) is 2.43. The van der Waals surface area contributed by atoms with Crippen LogP contribution in [0.4, 0.5) is 0 Å². The standard InChI is InChI=1S/C5H14N4/c6-9(7)5-1-3-8-4-2-5/h5,8H,1-4,6-7H2. The topological polar surface area (TPSA) is 67.3 Å². The Morgan fingerprint density at radius 1 is 1.22 bits per heavy atom. The maximum absolute atomic E-state index is 5.35. The number of hydrogen-bond acceptors (Lipinski definition) is 4. The van der Waals surface area contributed by atoms with Gasteiger partial charge in [0.2, 0.25) is 0 Å². The molecule has 1 saturated heterocycles. The summed E-state index contributed by atoms with van der Waals surface area (Å²) in [5, 5.41) is 4.55. The first-order valence-corrected chi connectivity index (χ1v) is 3.30. The first-order chi connectivity index (χ1) is 4.30. The zero-order valence-corrected chi connectivity index (χ0v) is 5.51. The fraction of sp³-hybridized carbons (Fsp3) is 1.00. The molecule has 9 heavy (non-hydrogen) atoms. The molecular weight excluding hydrogens is 116 g/mol. The fourth-order valence-corrected chi connectivity index (χ4v) is 1.10. The van der Waals surface area contributed by atoms with Gasteiger partial charge >= 0.3 is 0 Å². The summed E-state index contributed by atoms with van der Waals surface area (Å²) >= 11 is 0. The summed E-state index contributed by atoms with van der Waals surface area (Å²) in [6, 6.07) is 0.381. The van der Waals surface area contributed by atoms with Crippen molar-refractivity contribution in [3.63, 3.8) is 0 Å². The van der Waals surface area contributed by atoms with Crippen LogP contribution < -0.4 is 17.0 Å². The van der Waals surface area contributed by atoms with E-state index in [1.165, 1.54) is 5.12 Å². The van der Waals surface area contributed by atoms with Crippen molar-refractivity contribution in [3.8, 4) is 0 Å². The normalized spacial score (nSPS) is 23.0. The number of nitrogens with one attached hydrogen (secondary N) is 1. The molecule has 0 saturated carbocycles. The monoisotopic (exact) mass is 130 g/mol. The van der Waals surface area contributed by atoms with E-state index in [1.807, 2.05) is 0 Å². The second kappa shape index (κ2) is 3.12. The molecule has 1 rings (SSSR count). The van der Waals surface area contributed by atoms with Gasteiger partial charge in [-0.25, -0.2) is 0 Å². The molecule has 0 amide bonds. The number of rotatable bonds is 1. The summed E-state index contributed by atoms with van der Waals surface area (Å²) in [5.74, 6) is 10.7. The van der Waals surface area contributed by atoms with Crippen molar-refractivity contribution in [2.75, 3.05) is 13.1 Å². The van der Waals surface area contributed by atoms with Gasteiger partial charge in [-0.05, 0) is 25.9 Å². The molecule has 0 bridgehead atoms. The largest absolute Gasteiger partial charge is 0.317 e. The molecule has 0 aromatic carbocycles. The van der Waals surface area contributed by atoms with Gasteiger partial charge in [0.25, 0.3) is 0 Å². The molecule has 0 atom stereocenters. The lowest BCUT2D eigenvalue weighted by molar-refractivity contribution is 0.168. The number of hydrazine groups is 2. The lowest BCUT2D eigenvalue weighted by atomic mass is 10.1. The third-order valence-electron chi connectivity index (χ3n) is 1.73. The lowest BCUT2D eigenvalue weighted by Gasteiger charge is -2.27. The van der Waals surface area contributed by atoms with Crippen molar-refractivity contribution < 1.29 is 0 Å². The van der Waals surface area contributed by atoms with Gasteiger partial charge < -0.3 is 5.32 Å². The minimum Gasteiger partial charge on any atom is -0.317 e. The summed E-state index contributed by atoms with van der Waals surface area (Å²) in [6.45, 7) is 2.07. The van der Waals surface area contributed by atoms with Gasteiger partial charge in [0, 0.05) is 6.04 Å². The summed E-state index contributed by atoms with van der Waals surface area (Å²) in [4.78, 5) is 0. The molecule has 0 aliphatic carbocycles. The van der Waals surface area contributed by atoms with Crippen LogP contribution in [-0.4, -0.2) is 24.2 Å². The van der Waals surface area contributed by atoms with Gasteiger partial charge in [0.15, 0.2) is 0 Å². The first-order valence-electron chi connectivity index (χ1n) is 3.30. The smallest absolute Gasteiger partial charge is 0.0419 e. The van der Waals surface area contributed by atoms with E-state index in [-0.39, 0.29) is 0 Å². The maximum atomic E-state index is 5.35. The molecular formula is C5H14N4. The van der Waals surface area contributed by atoms with Gasteiger partial charge in [-0.15, -0.1) is 0 Å². The van der Waals surface area contributed by atoms with E-state index in [2.05, 4.69) is 5.32 Å². The average Bonchev–Trinajstić information content (AvgIpc) is 1.90. The summed E-state index contributed by atoms with van der Waals surface area (Å²) in [5.41, 5.74) is 0. The lowest BCUT2D eigenvalue weighted by Crippen LogP contribution is -2.50. The molecule has 54 valence electrons. The Hall–Kier alpha value is -0.160. The van der Waals surface area contributed by atoms with E-state index in [4.69, 9.17) is 11.7 Å². The predicted molar refractivity (Wildman–Crippen MR) is 36.1 cm³/mol. The van der Waals surface area contributed by atoms with Crippen LogP contribution in [0.25, 0.3) is 0 Å². The van der Waals surface area contributed by atoms with Gasteiger partial charge in [0.05, 0.1) is 0 Å². The SMILES string of the molecule is NN(N)C1CCNCC1. The molecule has 0 radical (unpaired) electrons. The van der Waals surface area contributed by atoms with Crippen molar-refractivity contribution in [3.05, 3.63) is 0 Å². The molecule has 4 heteroatoms. The van der Waals surface area contributed by atoms with Crippen molar-refractivity contribution >= 4 is 0 Å².